The van der Waals surface area contributed by atoms with E-state index in [-0.39, 0.29) is 0 Å². The van der Waals surface area contributed by atoms with Gasteiger partial charge in [0.1, 0.15) is 0 Å². The molecular formula is C5H9N. The van der Waals surface area contributed by atoms with Crippen LogP contribution < -0.4 is 0 Å². The van der Waals surface area contributed by atoms with E-state index in [1.807, 2.05) is 13.8 Å². The minimum absolute atomic E-state index is 0.975. The summed E-state index contributed by atoms with van der Waals surface area (Å²) in [5.41, 5.74) is 0.975. The molecule has 0 heterocycles. The predicted octanol–water partition coefficient (Wildman–Crippen LogP) is 1.61. The molecule has 0 unspecified atom stereocenters. The van der Waals surface area contributed by atoms with Crippen LogP contribution >= 0.6 is 0 Å². The molecule has 0 N–H and O–H groups in total. The van der Waals surface area contributed by atoms with E-state index in [0.717, 1.165) is 12.3 Å². The first kappa shape index (κ1) is 3.59. The maximum absolute atomic E-state index is 6.51. The first-order chi connectivity index (χ1) is 3.27. The Kier molecular flexibility index (Phi) is 1.58. The van der Waals surface area contributed by atoms with Gasteiger partial charge in [-0.25, -0.2) is 0 Å². The van der Waals surface area contributed by atoms with Crippen molar-refractivity contribution < 1.29 is 1.37 Å². The van der Waals surface area contributed by atoms with E-state index in [1.54, 1.807) is 0 Å². The van der Waals surface area contributed by atoms with Crippen LogP contribution in [-0.2, 0) is 0 Å². The highest BCUT2D eigenvalue weighted by atomic mass is 14.7. The van der Waals surface area contributed by atoms with Crippen molar-refractivity contribution in [2.75, 3.05) is 0 Å². The maximum Gasteiger partial charge on any atom is 0.0554 e. The number of aliphatic imine (C=N–C) groups is 1. The van der Waals surface area contributed by atoms with Gasteiger partial charge in [-0.3, -0.25) is 4.99 Å². The number of hydrogen-bond donors (Lipinski definition) is 0. The summed E-state index contributed by atoms with van der Waals surface area (Å²) in [6, 6.07) is 0. The van der Waals surface area contributed by atoms with E-state index in [4.69, 9.17) is 1.37 Å². The first-order valence-corrected chi connectivity index (χ1v) is 1.82. The molecule has 0 aromatic heterocycles. The van der Waals surface area contributed by atoms with Gasteiger partial charge >= 0.3 is 0 Å². The molecule has 34 valence electrons. The third-order valence-electron chi connectivity index (χ3n) is 0.333. The fourth-order valence-electron chi connectivity index (χ4n) is 0.149. The summed E-state index contributed by atoms with van der Waals surface area (Å²) in [4.78, 5) is 3.79. The van der Waals surface area contributed by atoms with Crippen molar-refractivity contribution >= 4 is 5.71 Å². The van der Waals surface area contributed by atoms with Crippen molar-refractivity contribution in [3.05, 3.63) is 12.8 Å². The van der Waals surface area contributed by atoms with Gasteiger partial charge in [0.2, 0.25) is 0 Å². The van der Waals surface area contributed by atoms with E-state index in [2.05, 4.69) is 4.99 Å². The summed E-state index contributed by atoms with van der Waals surface area (Å²) in [6.45, 7) is 4.94. The molecule has 0 fully saturated rings. The Morgan fingerprint density at radius 3 is 2.83 bits per heavy atom. The molecule has 0 aromatic rings. The SMILES string of the molecule is [3H]C=CN=C(C)C. The number of hydrogen-bond acceptors (Lipinski definition) is 1. The van der Waals surface area contributed by atoms with Gasteiger partial charge in [0.05, 0.1) is 1.37 Å². The van der Waals surface area contributed by atoms with Gasteiger partial charge in [-0.05, 0) is 13.8 Å². The Morgan fingerprint density at radius 2 is 2.67 bits per heavy atom. The highest BCUT2D eigenvalue weighted by molar-refractivity contribution is 5.79. The van der Waals surface area contributed by atoms with Gasteiger partial charge < -0.3 is 0 Å². The van der Waals surface area contributed by atoms with Gasteiger partial charge in [-0.2, -0.15) is 0 Å². The Hall–Kier alpha value is -0.590. The molecule has 0 aliphatic heterocycles. The molecule has 0 aromatic carbocycles. The monoisotopic (exact) mass is 85.1 g/mol. The quantitative estimate of drug-likeness (QED) is 0.429. The minimum atomic E-state index is 0.975. The van der Waals surface area contributed by atoms with Crippen molar-refractivity contribution in [2.24, 2.45) is 4.99 Å². The molecule has 0 aliphatic carbocycles. The molecular weight excluding hydrogens is 74.1 g/mol. The zero-order chi connectivity index (χ0) is 5.70. The molecule has 0 bridgehead atoms. The van der Waals surface area contributed by atoms with Crippen LogP contribution in [0, 0.1) is 0 Å². The van der Waals surface area contributed by atoms with Crippen LogP contribution in [0.4, 0.5) is 0 Å². The minimum Gasteiger partial charge on any atom is -0.267 e. The lowest BCUT2D eigenvalue weighted by Crippen LogP contribution is -1.73. The Balaban J connectivity index is 3.46. The molecule has 0 radical (unpaired) electrons. The van der Waals surface area contributed by atoms with Crippen molar-refractivity contribution in [2.45, 2.75) is 13.8 Å². The van der Waals surface area contributed by atoms with E-state index in [1.165, 1.54) is 6.20 Å². The van der Waals surface area contributed by atoms with Crippen LogP contribution in [0.15, 0.2) is 17.7 Å². The molecule has 0 spiro atoms. The summed E-state index contributed by atoms with van der Waals surface area (Å²) in [7, 11) is 0. The average molecular weight is 85.1 g/mol. The zero-order valence-corrected chi connectivity index (χ0v) is 4.10. The van der Waals surface area contributed by atoms with Crippen LogP contribution in [0.25, 0.3) is 0 Å². The van der Waals surface area contributed by atoms with Gasteiger partial charge in [-0.1, -0.05) is 6.55 Å². The summed E-state index contributed by atoms with van der Waals surface area (Å²) in [6.07, 6.45) is 1.45. The molecule has 0 atom stereocenters. The summed E-state index contributed by atoms with van der Waals surface area (Å²) >= 11 is 0. The molecule has 0 aliphatic rings. The number of nitrogens with zero attached hydrogens (tertiary/aromatic N) is 1. The van der Waals surface area contributed by atoms with Gasteiger partial charge in [0, 0.05) is 11.9 Å². The summed E-state index contributed by atoms with van der Waals surface area (Å²) in [5.74, 6) is 0. The normalized spacial score (nSPS) is 11.3. The Labute approximate surface area is 39.8 Å². The Bertz CT molecular complexity index is 90.3. The molecule has 0 saturated carbocycles. The zero-order valence-electron chi connectivity index (χ0n) is 5.10. The van der Waals surface area contributed by atoms with Crippen molar-refractivity contribution in [1.82, 2.24) is 0 Å². The molecule has 0 amide bonds. The standard InChI is InChI=1S/C5H9N/c1-4-6-5(2)3/h4H,1H2,2-3H3/i1T. The summed E-state index contributed by atoms with van der Waals surface area (Å²) in [5, 5.41) is 0. The lowest BCUT2D eigenvalue weighted by Gasteiger charge is -1.76. The number of rotatable bonds is 1. The summed E-state index contributed by atoms with van der Waals surface area (Å²) < 4.78 is 6.51. The first-order valence-electron chi connectivity index (χ1n) is 2.39. The molecule has 1 heteroatoms. The molecule has 0 rings (SSSR count). The van der Waals surface area contributed by atoms with Gasteiger partial charge in [0.15, 0.2) is 0 Å². The second-order valence-corrected chi connectivity index (χ2v) is 1.23. The van der Waals surface area contributed by atoms with Crippen molar-refractivity contribution in [3.8, 4) is 0 Å². The lowest BCUT2D eigenvalue weighted by atomic mass is 10.5. The average Bonchev–Trinajstić information content (AvgIpc) is 1.61. The fourth-order valence-corrected chi connectivity index (χ4v) is 0.149. The maximum atomic E-state index is 6.51. The topological polar surface area (TPSA) is 12.4 Å². The smallest absolute Gasteiger partial charge is 0.0554 e. The van der Waals surface area contributed by atoms with Gasteiger partial charge in [0.25, 0.3) is 0 Å². The van der Waals surface area contributed by atoms with Crippen LogP contribution in [-0.4, -0.2) is 5.71 Å². The van der Waals surface area contributed by atoms with E-state index < -0.39 is 0 Å². The third-order valence-corrected chi connectivity index (χ3v) is 0.333. The van der Waals surface area contributed by atoms with Crippen molar-refractivity contribution in [3.63, 3.8) is 0 Å². The van der Waals surface area contributed by atoms with Crippen LogP contribution in [0.1, 0.15) is 15.2 Å². The highest BCUT2D eigenvalue weighted by Crippen LogP contribution is 1.71. The Morgan fingerprint density at radius 1 is 2.00 bits per heavy atom. The van der Waals surface area contributed by atoms with E-state index in [0.29, 0.717) is 0 Å². The molecule has 6 heavy (non-hydrogen) atoms. The van der Waals surface area contributed by atoms with E-state index >= 15 is 0 Å². The lowest BCUT2D eigenvalue weighted by molar-refractivity contribution is 1.52. The molecule has 1 nitrogen and oxygen atoms in total. The third kappa shape index (κ3) is 3.41. The second-order valence-electron chi connectivity index (χ2n) is 1.23. The van der Waals surface area contributed by atoms with Crippen molar-refractivity contribution in [1.29, 1.82) is 0 Å². The van der Waals surface area contributed by atoms with Gasteiger partial charge in [-0.15, -0.1) is 0 Å². The fraction of sp³-hybridized carbons (Fsp3) is 0.400. The van der Waals surface area contributed by atoms with Crippen LogP contribution in [0.2, 0.25) is 0 Å². The van der Waals surface area contributed by atoms with Crippen LogP contribution in [0.3, 0.4) is 0 Å². The largest absolute Gasteiger partial charge is 0.267 e. The highest BCUT2D eigenvalue weighted by Gasteiger charge is 1.64. The molecule has 0 saturated heterocycles. The van der Waals surface area contributed by atoms with Crippen LogP contribution in [0.5, 0.6) is 0 Å². The predicted molar refractivity (Wildman–Crippen MR) is 29.0 cm³/mol. The second kappa shape index (κ2) is 2.64. The van der Waals surface area contributed by atoms with E-state index in [9.17, 15) is 0 Å².